The fourth-order valence-corrected chi connectivity index (χ4v) is 4.08. The summed E-state index contributed by atoms with van der Waals surface area (Å²) in [5.74, 6) is 0.583. The van der Waals surface area contributed by atoms with Gasteiger partial charge in [-0.15, -0.1) is 0 Å². The van der Waals surface area contributed by atoms with E-state index < -0.39 is 0 Å². The number of oxazole rings is 1. The smallest absolute Gasteiger partial charge is 0.408 e. The Morgan fingerprint density at radius 3 is 2.56 bits per heavy atom. The number of carbonyl (C=O) groups is 1. The Balaban J connectivity index is 1.34. The van der Waals surface area contributed by atoms with Crippen LogP contribution in [0, 0.1) is 5.92 Å². The summed E-state index contributed by atoms with van der Waals surface area (Å²) in [6.07, 6.45) is 5.69. The van der Waals surface area contributed by atoms with Crippen molar-refractivity contribution in [2.75, 3.05) is 26.2 Å². The van der Waals surface area contributed by atoms with Crippen LogP contribution in [0.25, 0.3) is 11.1 Å². The number of para-hydroxylation sites is 2. The maximum atomic E-state index is 12.4. The molecule has 0 N–H and O–H groups in total. The van der Waals surface area contributed by atoms with Gasteiger partial charge in [0.05, 0.1) is 12.2 Å². The summed E-state index contributed by atoms with van der Waals surface area (Å²) in [7, 11) is 0. The van der Waals surface area contributed by atoms with Gasteiger partial charge in [-0.05, 0) is 30.9 Å². The van der Waals surface area contributed by atoms with Crippen molar-refractivity contribution < 1.29 is 9.21 Å². The molecule has 1 aliphatic heterocycles. The molecule has 1 saturated heterocycles. The summed E-state index contributed by atoms with van der Waals surface area (Å²) >= 11 is 0. The first-order valence-corrected chi connectivity index (χ1v) is 9.29. The largest absolute Gasteiger partial charge is 0.421 e. The number of hydrogen-bond acceptors (Lipinski definition) is 4. The lowest BCUT2D eigenvalue weighted by Gasteiger charge is -2.35. The van der Waals surface area contributed by atoms with Gasteiger partial charge in [-0.1, -0.05) is 25.0 Å². The Labute approximate surface area is 147 Å². The molecule has 0 bridgehead atoms. The number of rotatable bonds is 4. The maximum absolute atomic E-state index is 12.4. The molecule has 0 radical (unpaired) electrons. The van der Waals surface area contributed by atoms with Crippen molar-refractivity contribution in [3.63, 3.8) is 0 Å². The molecule has 0 spiro atoms. The number of benzene rings is 1. The average molecular weight is 343 g/mol. The van der Waals surface area contributed by atoms with E-state index in [2.05, 4.69) is 4.90 Å². The molecule has 6 heteroatoms. The van der Waals surface area contributed by atoms with Crippen molar-refractivity contribution in [1.29, 1.82) is 0 Å². The van der Waals surface area contributed by atoms with Crippen LogP contribution in [-0.4, -0.2) is 46.5 Å². The molecule has 1 amide bonds. The third kappa shape index (κ3) is 3.49. The SMILES string of the molecule is O=C(CC1CCCC1)N1CCN(Cn2c(=O)oc3ccccc32)CC1. The first-order valence-electron chi connectivity index (χ1n) is 9.29. The first-order chi connectivity index (χ1) is 12.2. The molecule has 2 aromatic rings. The van der Waals surface area contributed by atoms with Crippen LogP contribution >= 0.6 is 0 Å². The number of piperazine rings is 1. The van der Waals surface area contributed by atoms with E-state index >= 15 is 0 Å². The van der Waals surface area contributed by atoms with Gasteiger partial charge < -0.3 is 9.32 Å². The van der Waals surface area contributed by atoms with E-state index in [1.807, 2.05) is 29.2 Å². The summed E-state index contributed by atoms with van der Waals surface area (Å²) in [4.78, 5) is 28.7. The second-order valence-corrected chi connectivity index (χ2v) is 7.26. The van der Waals surface area contributed by atoms with Crippen molar-refractivity contribution in [2.45, 2.75) is 38.8 Å². The van der Waals surface area contributed by atoms with Gasteiger partial charge >= 0.3 is 5.76 Å². The topological polar surface area (TPSA) is 58.7 Å². The highest BCUT2D eigenvalue weighted by Crippen LogP contribution is 2.28. The number of aromatic nitrogens is 1. The minimum absolute atomic E-state index is 0.303. The highest BCUT2D eigenvalue weighted by Gasteiger charge is 2.25. The molecule has 2 heterocycles. The van der Waals surface area contributed by atoms with E-state index in [-0.39, 0.29) is 5.76 Å². The lowest BCUT2D eigenvalue weighted by molar-refractivity contribution is -0.134. The lowest BCUT2D eigenvalue weighted by Crippen LogP contribution is -2.49. The van der Waals surface area contributed by atoms with Crippen molar-refractivity contribution in [2.24, 2.45) is 5.92 Å². The van der Waals surface area contributed by atoms with Gasteiger partial charge in [0.15, 0.2) is 5.58 Å². The molecule has 0 atom stereocenters. The maximum Gasteiger partial charge on any atom is 0.421 e. The van der Waals surface area contributed by atoms with Crippen LogP contribution in [0.3, 0.4) is 0 Å². The van der Waals surface area contributed by atoms with Crippen molar-refractivity contribution in [3.8, 4) is 0 Å². The van der Waals surface area contributed by atoms with E-state index in [0.717, 1.165) is 31.7 Å². The zero-order chi connectivity index (χ0) is 17.2. The lowest BCUT2D eigenvalue weighted by atomic mass is 10.0. The molecule has 6 nitrogen and oxygen atoms in total. The second kappa shape index (κ2) is 7.04. The van der Waals surface area contributed by atoms with Gasteiger partial charge in [-0.3, -0.25) is 14.3 Å². The predicted molar refractivity (Wildman–Crippen MR) is 95.2 cm³/mol. The van der Waals surface area contributed by atoms with Crippen molar-refractivity contribution >= 4 is 17.0 Å². The summed E-state index contributed by atoms with van der Waals surface area (Å²) < 4.78 is 6.96. The van der Waals surface area contributed by atoms with E-state index in [9.17, 15) is 9.59 Å². The van der Waals surface area contributed by atoms with E-state index in [1.165, 1.54) is 25.7 Å². The van der Waals surface area contributed by atoms with Crippen molar-refractivity contribution in [1.82, 2.24) is 14.4 Å². The average Bonchev–Trinajstić information content (AvgIpc) is 3.24. The van der Waals surface area contributed by atoms with Gasteiger partial charge in [0.1, 0.15) is 0 Å². The fraction of sp³-hybridized carbons (Fsp3) is 0.579. The molecule has 1 aliphatic carbocycles. The van der Waals surface area contributed by atoms with Gasteiger partial charge in [-0.2, -0.15) is 0 Å². The Morgan fingerprint density at radius 2 is 1.80 bits per heavy atom. The third-order valence-electron chi connectivity index (χ3n) is 5.58. The summed E-state index contributed by atoms with van der Waals surface area (Å²) in [6.45, 7) is 3.59. The van der Waals surface area contributed by atoms with E-state index in [1.54, 1.807) is 4.57 Å². The fourth-order valence-electron chi connectivity index (χ4n) is 4.08. The molecule has 1 aromatic heterocycles. The number of nitrogens with zero attached hydrogens (tertiary/aromatic N) is 3. The molecule has 1 saturated carbocycles. The number of carbonyl (C=O) groups excluding carboxylic acids is 1. The van der Waals surface area contributed by atoms with Crippen LogP contribution in [0.4, 0.5) is 0 Å². The van der Waals surface area contributed by atoms with Crippen LogP contribution in [0.5, 0.6) is 0 Å². The normalized spacial score (nSPS) is 19.8. The van der Waals surface area contributed by atoms with Crippen LogP contribution < -0.4 is 5.76 Å². The molecule has 0 unspecified atom stereocenters. The monoisotopic (exact) mass is 343 g/mol. The predicted octanol–water partition coefficient (Wildman–Crippen LogP) is 2.28. The zero-order valence-electron chi connectivity index (χ0n) is 14.5. The Hall–Kier alpha value is -2.08. The van der Waals surface area contributed by atoms with Crippen LogP contribution in [0.2, 0.25) is 0 Å². The molecule has 134 valence electrons. The standard InChI is InChI=1S/C19H25N3O3/c23-18(13-15-5-1-2-6-15)21-11-9-20(10-12-21)14-22-16-7-3-4-8-17(16)25-19(22)24/h3-4,7-8,15H,1-2,5-6,9-14H2. The van der Waals surface area contributed by atoms with E-state index in [4.69, 9.17) is 4.42 Å². The first kappa shape index (κ1) is 16.4. The number of fused-ring (bicyclic) bond motifs is 1. The van der Waals surface area contributed by atoms with Gasteiger partial charge in [-0.25, -0.2) is 4.79 Å². The molecule has 4 rings (SSSR count). The molecule has 1 aromatic carbocycles. The van der Waals surface area contributed by atoms with Crippen LogP contribution in [0.1, 0.15) is 32.1 Å². The number of hydrogen-bond donors (Lipinski definition) is 0. The third-order valence-corrected chi connectivity index (χ3v) is 5.58. The highest BCUT2D eigenvalue weighted by atomic mass is 16.4. The van der Waals surface area contributed by atoms with Gasteiger partial charge in [0.25, 0.3) is 0 Å². The molecule has 25 heavy (non-hydrogen) atoms. The molecular formula is C19H25N3O3. The minimum atomic E-state index is -0.319. The Kier molecular flexibility index (Phi) is 4.61. The van der Waals surface area contributed by atoms with Crippen LogP contribution in [-0.2, 0) is 11.5 Å². The van der Waals surface area contributed by atoms with E-state index in [0.29, 0.717) is 30.5 Å². The molecular weight excluding hydrogens is 318 g/mol. The summed E-state index contributed by atoms with van der Waals surface area (Å²) in [5, 5.41) is 0. The number of amides is 1. The van der Waals surface area contributed by atoms with Crippen LogP contribution in [0.15, 0.2) is 33.5 Å². The molecule has 2 fully saturated rings. The Morgan fingerprint density at radius 1 is 1.08 bits per heavy atom. The Bertz CT molecular complexity index is 796. The minimum Gasteiger partial charge on any atom is -0.408 e. The quantitative estimate of drug-likeness (QED) is 0.854. The molecule has 2 aliphatic rings. The zero-order valence-corrected chi connectivity index (χ0v) is 14.5. The second-order valence-electron chi connectivity index (χ2n) is 7.26. The highest BCUT2D eigenvalue weighted by molar-refractivity contribution is 5.76. The van der Waals surface area contributed by atoms with Gasteiger partial charge in [0, 0.05) is 32.6 Å². The van der Waals surface area contributed by atoms with Gasteiger partial charge in [0.2, 0.25) is 5.91 Å². The van der Waals surface area contributed by atoms with Crippen molar-refractivity contribution in [3.05, 3.63) is 34.8 Å². The summed E-state index contributed by atoms with van der Waals surface area (Å²) in [6, 6.07) is 7.49. The summed E-state index contributed by atoms with van der Waals surface area (Å²) in [5.41, 5.74) is 1.45.